The van der Waals surface area contributed by atoms with Gasteiger partial charge in [0.1, 0.15) is 5.67 Å². The molecule has 0 aromatic carbocycles. The summed E-state index contributed by atoms with van der Waals surface area (Å²) >= 11 is 0. The van der Waals surface area contributed by atoms with Crippen LogP contribution in [-0.2, 0) is 32.5 Å². The van der Waals surface area contributed by atoms with Crippen molar-refractivity contribution in [3.63, 3.8) is 0 Å². The van der Waals surface area contributed by atoms with Gasteiger partial charge < -0.3 is 18.6 Å². The summed E-state index contributed by atoms with van der Waals surface area (Å²) in [6.45, 7) is 6.59. The SMILES string of the molecule is CC=CC(=O)NC(CC)[Si](OC(C)=O)(OC(C)=O)OC(C)=O. The van der Waals surface area contributed by atoms with Crippen molar-refractivity contribution < 1.29 is 32.5 Å². The zero-order valence-corrected chi connectivity index (χ0v) is 14.3. The van der Waals surface area contributed by atoms with E-state index in [0.717, 1.165) is 20.8 Å². The van der Waals surface area contributed by atoms with E-state index in [2.05, 4.69) is 5.32 Å². The molecule has 0 fully saturated rings. The highest BCUT2D eigenvalue weighted by Crippen LogP contribution is 2.19. The lowest BCUT2D eigenvalue weighted by Crippen LogP contribution is -2.64. The van der Waals surface area contributed by atoms with Crippen LogP contribution in [0.15, 0.2) is 12.2 Å². The quantitative estimate of drug-likeness (QED) is 0.538. The molecule has 0 aliphatic heterocycles. The summed E-state index contributed by atoms with van der Waals surface area (Å²) in [4.78, 5) is 45.8. The molecule has 1 amide bonds. The third kappa shape index (κ3) is 6.53. The van der Waals surface area contributed by atoms with E-state index in [1.165, 1.54) is 12.2 Å². The number of allylic oxidation sites excluding steroid dienone is 1. The van der Waals surface area contributed by atoms with Crippen LogP contribution in [0.4, 0.5) is 0 Å². The largest absolute Gasteiger partial charge is 0.728 e. The fourth-order valence-corrected chi connectivity index (χ4v) is 4.26. The zero-order valence-electron chi connectivity index (χ0n) is 13.3. The van der Waals surface area contributed by atoms with Crippen molar-refractivity contribution in [1.82, 2.24) is 5.32 Å². The summed E-state index contributed by atoms with van der Waals surface area (Å²) < 4.78 is 15.2. The molecular formula is C13H21NO7Si. The second-order valence-electron chi connectivity index (χ2n) is 4.35. The highest BCUT2D eigenvalue weighted by Gasteiger charge is 2.59. The Morgan fingerprint density at radius 3 is 1.68 bits per heavy atom. The van der Waals surface area contributed by atoms with Gasteiger partial charge in [-0.3, -0.25) is 19.2 Å². The van der Waals surface area contributed by atoms with Gasteiger partial charge in [-0.15, -0.1) is 0 Å². The van der Waals surface area contributed by atoms with Crippen molar-refractivity contribution >= 4 is 32.6 Å². The molecule has 0 saturated heterocycles. The van der Waals surface area contributed by atoms with Gasteiger partial charge in [-0.1, -0.05) is 13.0 Å². The number of hydrogen-bond donors (Lipinski definition) is 1. The van der Waals surface area contributed by atoms with E-state index in [4.69, 9.17) is 13.3 Å². The number of carbonyl (C=O) groups excluding carboxylic acids is 4. The van der Waals surface area contributed by atoms with Crippen LogP contribution >= 0.6 is 0 Å². The van der Waals surface area contributed by atoms with Crippen molar-refractivity contribution in [2.45, 2.75) is 46.7 Å². The van der Waals surface area contributed by atoms with Gasteiger partial charge in [-0.05, 0) is 19.4 Å². The molecule has 0 saturated carbocycles. The molecular weight excluding hydrogens is 310 g/mol. The number of carbonyl (C=O) groups is 4. The summed E-state index contributed by atoms with van der Waals surface area (Å²) in [5.41, 5.74) is -0.937. The van der Waals surface area contributed by atoms with Gasteiger partial charge in [0.2, 0.25) is 5.91 Å². The Bertz CT molecular complexity index is 434. The highest BCUT2D eigenvalue weighted by molar-refractivity contribution is 6.67. The van der Waals surface area contributed by atoms with Crippen molar-refractivity contribution in [1.29, 1.82) is 0 Å². The standard InChI is InChI=1S/C13H21NO7Si/c1-6-8-12(18)14-13(7-2)22(19-9(3)15,20-10(4)16)21-11(5)17/h6,8,13H,7H2,1-5H3,(H,14,18). The maximum absolute atomic E-state index is 11.7. The zero-order chi connectivity index (χ0) is 17.3. The Morgan fingerprint density at radius 1 is 1.00 bits per heavy atom. The van der Waals surface area contributed by atoms with Crippen molar-refractivity contribution in [2.24, 2.45) is 0 Å². The summed E-state index contributed by atoms with van der Waals surface area (Å²) in [5.74, 6) is -2.84. The molecule has 0 aromatic rings. The van der Waals surface area contributed by atoms with Crippen molar-refractivity contribution in [2.75, 3.05) is 0 Å². The topological polar surface area (TPSA) is 108 Å². The van der Waals surface area contributed by atoms with Crippen LogP contribution in [0.5, 0.6) is 0 Å². The molecule has 0 aliphatic rings. The Morgan fingerprint density at radius 2 is 1.41 bits per heavy atom. The first-order chi connectivity index (χ1) is 10.2. The Labute approximate surface area is 130 Å². The number of rotatable bonds is 7. The molecule has 9 heteroatoms. The molecule has 8 nitrogen and oxygen atoms in total. The molecule has 0 bridgehead atoms. The minimum atomic E-state index is -4.12. The van der Waals surface area contributed by atoms with Gasteiger partial charge in [-0.25, -0.2) is 0 Å². The van der Waals surface area contributed by atoms with Gasteiger partial charge in [0, 0.05) is 20.8 Å². The van der Waals surface area contributed by atoms with E-state index in [1.54, 1.807) is 13.8 Å². The maximum Gasteiger partial charge on any atom is 0.728 e. The fraction of sp³-hybridized carbons (Fsp3) is 0.538. The molecule has 22 heavy (non-hydrogen) atoms. The first kappa shape index (κ1) is 19.8. The van der Waals surface area contributed by atoms with E-state index >= 15 is 0 Å². The second-order valence-corrected chi connectivity index (χ2v) is 6.87. The van der Waals surface area contributed by atoms with Gasteiger partial charge >= 0.3 is 8.80 Å². The molecule has 0 aromatic heterocycles. The van der Waals surface area contributed by atoms with E-state index in [-0.39, 0.29) is 6.42 Å². The molecule has 1 N–H and O–H groups in total. The number of nitrogens with one attached hydrogen (secondary N) is 1. The third-order valence-corrected chi connectivity index (χ3v) is 5.45. The molecule has 0 heterocycles. The summed E-state index contributed by atoms with van der Waals surface area (Å²) in [6.07, 6.45) is 2.98. The van der Waals surface area contributed by atoms with Crippen molar-refractivity contribution in [3.8, 4) is 0 Å². The third-order valence-electron chi connectivity index (χ3n) is 2.33. The van der Waals surface area contributed by atoms with Crippen LogP contribution in [0.25, 0.3) is 0 Å². The Balaban J connectivity index is 5.69. The molecule has 124 valence electrons. The van der Waals surface area contributed by atoms with Gasteiger partial charge in [0.05, 0.1) is 0 Å². The predicted molar refractivity (Wildman–Crippen MR) is 78.1 cm³/mol. The van der Waals surface area contributed by atoms with Crippen LogP contribution in [0, 0.1) is 0 Å². The lowest BCUT2D eigenvalue weighted by Gasteiger charge is -2.32. The molecule has 1 atom stereocenters. The summed E-state index contributed by atoms with van der Waals surface area (Å²) in [5, 5.41) is 2.53. The number of hydrogen-bond acceptors (Lipinski definition) is 7. The first-order valence-electron chi connectivity index (χ1n) is 6.68. The fourth-order valence-electron chi connectivity index (χ4n) is 1.69. The Hall–Kier alpha value is -2.16. The Kier molecular flexibility index (Phi) is 8.10. The van der Waals surface area contributed by atoms with Crippen LogP contribution in [0.3, 0.4) is 0 Å². The lowest BCUT2D eigenvalue weighted by atomic mass is 10.4. The predicted octanol–water partition coefficient (Wildman–Crippen LogP) is 0.625. The van der Waals surface area contributed by atoms with Gasteiger partial charge in [0.25, 0.3) is 17.9 Å². The van der Waals surface area contributed by atoms with E-state index in [1.807, 2.05) is 0 Å². The van der Waals surface area contributed by atoms with Gasteiger partial charge in [0.15, 0.2) is 0 Å². The average Bonchev–Trinajstić information content (AvgIpc) is 2.33. The maximum atomic E-state index is 11.7. The molecule has 0 aliphatic carbocycles. The van der Waals surface area contributed by atoms with Crippen molar-refractivity contribution in [3.05, 3.63) is 12.2 Å². The second kappa shape index (κ2) is 8.98. The summed E-state index contributed by atoms with van der Waals surface area (Å²) in [7, 11) is -4.12. The van der Waals surface area contributed by atoms with Crippen LogP contribution in [0.2, 0.25) is 0 Å². The number of amides is 1. The molecule has 1 unspecified atom stereocenters. The lowest BCUT2D eigenvalue weighted by molar-refractivity contribution is -0.149. The molecule has 0 spiro atoms. The summed E-state index contributed by atoms with van der Waals surface area (Å²) in [6, 6.07) is 0. The van der Waals surface area contributed by atoms with E-state index in [9.17, 15) is 19.2 Å². The average molecular weight is 331 g/mol. The normalized spacial score (nSPS) is 12.4. The van der Waals surface area contributed by atoms with Crippen LogP contribution < -0.4 is 5.32 Å². The van der Waals surface area contributed by atoms with Gasteiger partial charge in [-0.2, -0.15) is 0 Å². The highest BCUT2D eigenvalue weighted by atomic mass is 28.4. The van der Waals surface area contributed by atoms with Crippen LogP contribution in [0.1, 0.15) is 41.0 Å². The minimum Gasteiger partial charge on any atom is -0.454 e. The van der Waals surface area contributed by atoms with E-state index < -0.39 is 38.3 Å². The minimum absolute atomic E-state index is 0.226. The molecule has 0 radical (unpaired) electrons. The molecule has 0 rings (SSSR count). The van der Waals surface area contributed by atoms with E-state index in [0.29, 0.717) is 0 Å². The smallest absolute Gasteiger partial charge is 0.454 e. The first-order valence-corrected chi connectivity index (χ1v) is 8.49. The monoisotopic (exact) mass is 331 g/mol. The van der Waals surface area contributed by atoms with Crippen LogP contribution in [-0.4, -0.2) is 38.3 Å².